The van der Waals surface area contributed by atoms with Gasteiger partial charge in [0, 0.05) is 0 Å². The average molecular weight is 287 g/mol. The van der Waals surface area contributed by atoms with Crippen LogP contribution in [-0.4, -0.2) is 62.7 Å². The summed E-state index contributed by atoms with van der Waals surface area (Å²) in [5.41, 5.74) is 0. The lowest BCUT2D eigenvalue weighted by Crippen LogP contribution is -2.44. The van der Waals surface area contributed by atoms with Gasteiger partial charge in [0.15, 0.2) is 0 Å². The van der Waals surface area contributed by atoms with Crippen molar-refractivity contribution in [1.29, 1.82) is 0 Å². The van der Waals surface area contributed by atoms with Crippen molar-refractivity contribution in [1.82, 2.24) is 0 Å². The molecule has 3 atom stereocenters. The molecule has 3 N–H and O–H groups in total. The molecule has 0 aromatic heterocycles. The lowest BCUT2D eigenvalue weighted by atomic mass is 10.0. The molecular formula is C7H22O6Si3. The van der Waals surface area contributed by atoms with Gasteiger partial charge in [0.25, 0.3) is 0 Å². The van der Waals surface area contributed by atoms with E-state index in [0.29, 0.717) is 12.8 Å². The van der Waals surface area contributed by atoms with Gasteiger partial charge in [-0.15, -0.1) is 0 Å². The summed E-state index contributed by atoms with van der Waals surface area (Å²) in [7, 11) is -4.59. The minimum absolute atomic E-state index is 0.262. The van der Waals surface area contributed by atoms with Crippen molar-refractivity contribution in [3.05, 3.63) is 0 Å². The normalized spacial score (nSPS) is 19.3. The molecule has 1 unspecified atom stereocenters. The molecule has 16 heavy (non-hydrogen) atoms. The second-order valence-corrected chi connectivity index (χ2v) is 5.02. The Morgan fingerprint density at radius 3 is 1.44 bits per heavy atom. The first-order valence-electron chi connectivity index (χ1n) is 5.42. The van der Waals surface area contributed by atoms with E-state index in [9.17, 15) is 0 Å². The third kappa shape index (κ3) is 5.65. The maximum Gasteiger partial charge on any atom is 0.302 e. The smallest absolute Gasteiger partial charge is 0.302 e. The summed E-state index contributed by atoms with van der Waals surface area (Å²) in [5.74, 6) is 0. The van der Waals surface area contributed by atoms with Crippen LogP contribution >= 0.6 is 0 Å². The van der Waals surface area contributed by atoms with Gasteiger partial charge in [-0.2, -0.15) is 0 Å². The average Bonchev–Trinajstić information content (AvgIpc) is 2.31. The third-order valence-corrected chi connectivity index (χ3v) is 4.07. The van der Waals surface area contributed by atoms with Gasteiger partial charge in [-0.3, -0.25) is 0 Å². The van der Waals surface area contributed by atoms with Crippen molar-refractivity contribution >= 4 is 30.0 Å². The van der Waals surface area contributed by atoms with Crippen molar-refractivity contribution in [3.8, 4) is 0 Å². The van der Waals surface area contributed by atoms with Gasteiger partial charge < -0.3 is 27.7 Å². The van der Waals surface area contributed by atoms with Crippen LogP contribution in [0.4, 0.5) is 0 Å². The zero-order valence-corrected chi connectivity index (χ0v) is 14.1. The standard InChI is InChI=1S/C7H22O6Si3/c1-3-5(11-14-8)7(13-16-10)6(4-2)12-15-9/h5-10H,3-4,14-16H2,1-2H3/t5-,6+,7?. The zero-order valence-electron chi connectivity index (χ0n) is 9.83. The first-order valence-corrected chi connectivity index (χ1v) is 9.05. The van der Waals surface area contributed by atoms with Crippen LogP contribution in [0, 0.1) is 0 Å². The van der Waals surface area contributed by atoms with Crippen LogP contribution in [-0.2, 0) is 13.3 Å². The molecule has 0 saturated carbocycles. The van der Waals surface area contributed by atoms with E-state index in [1.807, 2.05) is 13.8 Å². The van der Waals surface area contributed by atoms with Crippen molar-refractivity contribution in [2.24, 2.45) is 0 Å². The summed E-state index contributed by atoms with van der Waals surface area (Å²) in [6.45, 7) is 3.85. The molecular weight excluding hydrogens is 264 g/mol. The molecule has 0 aromatic rings. The Labute approximate surface area is 103 Å². The highest BCUT2D eigenvalue weighted by Crippen LogP contribution is 2.16. The van der Waals surface area contributed by atoms with Crippen LogP contribution in [0.15, 0.2) is 0 Å². The molecule has 0 aliphatic heterocycles. The SMILES string of the molecule is CC[C@H](O[SiH2]O)C(O[SiH2]O)[C@@H](CC)O[SiH2]O. The summed E-state index contributed by atoms with van der Waals surface area (Å²) in [6.07, 6.45) is 0.452. The summed E-state index contributed by atoms with van der Waals surface area (Å²) >= 11 is 0. The van der Waals surface area contributed by atoms with E-state index >= 15 is 0 Å². The van der Waals surface area contributed by atoms with E-state index in [-0.39, 0.29) is 18.3 Å². The topological polar surface area (TPSA) is 88.4 Å². The first kappa shape index (κ1) is 16.4. The van der Waals surface area contributed by atoms with E-state index in [4.69, 9.17) is 27.7 Å². The highest BCUT2D eigenvalue weighted by molar-refractivity contribution is 6.17. The van der Waals surface area contributed by atoms with Crippen molar-refractivity contribution in [2.75, 3.05) is 0 Å². The molecule has 98 valence electrons. The molecule has 0 aromatic carbocycles. The van der Waals surface area contributed by atoms with Gasteiger partial charge in [0.1, 0.15) is 0 Å². The maximum absolute atomic E-state index is 8.97. The van der Waals surface area contributed by atoms with Crippen LogP contribution < -0.4 is 0 Å². The summed E-state index contributed by atoms with van der Waals surface area (Å²) in [5, 5.41) is 0. The Bertz CT molecular complexity index is 149. The minimum atomic E-state index is -1.56. The van der Waals surface area contributed by atoms with Crippen molar-refractivity contribution in [3.63, 3.8) is 0 Å². The fourth-order valence-corrected chi connectivity index (χ4v) is 3.46. The monoisotopic (exact) mass is 286 g/mol. The van der Waals surface area contributed by atoms with Crippen LogP contribution in [0.3, 0.4) is 0 Å². The molecule has 0 aliphatic carbocycles. The summed E-state index contributed by atoms with van der Waals surface area (Å²) in [6, 6.07) is 0. The van der Waals surface area contributed by atoms with Gasteiger partial charge >= 0.3 is 30.0 Å². The quantitative estimate of drug-likeness (QED) is 0.370. The van der Waals surface area contributed by atoms with Crippen molar-refractivity contribution in [2.45, 2.75) is 45.0 Å². The van der Waals surface area contributed by atoms with Crippen LogP contribution in [0.2, 0.25) is 0 Å². The molecule has 0 bridgehead atoms. The van der Waals surface area contributed by atoms with E-state index in [1.165, 1.54) is 0 Å². The maximum atomic E-state index is 8.97. The molecule has 0 fully saturated rings. The van der Waals surface area contributed by atoms with Crippen molar-refractivity contribution < 1.29 is 27.7 Å². The molecule has 0 aliphatic rings. The molecule has 6 nitrogen and oxygen atoms in total. The molecule has 0 spiro atoms. The minimum Gasteiger partial charge on any atom is -0.415 e. The zero-order chi connectivity index (χ0) is 12.4. The number of hydrogen-bond donors (Lipinski definition) is 3. The first-order chi connectivity index (χ1) is 7.74. The Morgan fingerprint density at radius 1 is 0.812 bits per heavy atom. The summed E-state index contributed by atoms with van der Waals surface area (Å²) in [4.78, 5) is 26.8. The Hall–Kier alpha value is 0.411. The van der Waals surface area contributed by atoms with Crippen LogP contribution in [0.5, 0.6) is 0 Å². The molecule has 0 rings (SSSR count). The molecule has 0 saturated heterocycles. The highest BCUT2D eigenvalue weighted by atomic mass is 28.3. The lowest BCUT2D eigenvalue weighted by molar-refractivity contribution is -0.0368. The Morgan fingerprint density at radius 2 is 1.19 bits per heavy atom. The Kier molecular flexibility index (Phi) is 10.8. The third-order valence-electron chi connectivity index (χ3n) is 2.38. The lowest BCUT2D eigenvalue weighted by Gasteiger charge is -2.32. The Balaban J connectivity index is 4.50. The summed E-state index contributed by atoms with van der Waals surface area (Å²) < 4.78 is 15.9. The van der Waals surface area contributed by atoms with Crippen LogP contribution in [0.25, 0.3) is 0 Å². The number of rotatable bonds is 10. The molecule has 9 heteroatoms. The molecule has 0 amide bonds. The van der Waals surface area contributed by atoms with Gasteiger partial charge in [-0.1, -0.05) is 13.8 Å². The fraction of sp³-hybridized carbons (Fsp3) is 1.00. The second-order valence-electron chi connectivity index (χ2n) is 3.25. The van der Waals surface area contributed by atoms with Gasteiger partial charge in [0.05, 0.1) is 18.3 Å². The molecule has 0 heterocycles. The number of hydrogen-bond acceptors (Lipinski definition) is 6. The fourth-order valence-electron chi connectivity index (χ4n) is 1.62. The molecule has 0 radical (unpaired) electrons. The van der Waals surface area contributed by atoms with E-state index in [0.717, 1.165) is 0 Å². The van der Waals surface area contributed by atoms with Gasteiger partial charge in [-0.25, -0.2) is 0 Å². The second kappa shape index (κ2) is 10.6. The van der Waals surface area contributed by atoms with E-state index in [1.54, 1.807) is 0 Å². The highest BCUT2D eigenvalue weighted by Gasteiger charge is 2.29. The predicted molar refractivity (Wildman–Crippen MR) is 67.5 cm³/mol. The predicted octanol–water partition coefficient (Wildman–Crippen LogP) is -3.06. The van der Waals surface area contributed by atoms with E-state index in [2.05, 4.69) is 0 Å². The van der Waals surface area contributed by atoms with E-state index < -0.39 is 30.0 Å². The largest absolute Gasteiger partial charge is 0.415 e. The van der Waals surface area contributed by atoms with Gasteiger partial charge in [-0.05, 0) is 12.8 Å². The van der Waals surface area contributed by atoms with Gasteiger partial charge in [0.2, 0.25) is 0 Å². The van der Waals surface area contributed by atoms with Crippen LogP contribution in [0.1, 0.15) is 26.7 Å².